The fraction of sp³-hybridized carbons (Fsp3) is 0.214. The van der Waals surface area contributed by atoms with Crippen molar-refractivity contribution in [1.29, 1.82) is 0 Å². The number of nitrogens with one attached hydrogen (secondary N) is 1. The van der Waals surface area contributed by atoms with Crippen molar-refractivity contribution in [2.24, 2.45) is 0 Å². The highest BCUT2D eigenvalue weighted by atomic mass is 35.5. The fourth-order valence-corrected chi connectivity index (χ4v) is 3.28. The maximum absolute atomic E-state index is 6.20. The van der Waals surface area contributed by atoms with Crippen LogP contribution in [0.1, 0.15) is 0 Å². The van der Waals surface area contributed by atoms with E-state index in [1.807, 2.05) is 18.2 Å². The van der Waals surface area contributed by atoms with E-state index in [4.69, 9.17) is 32.7 Å². The molecule has 1 aliphatic heterocycles. The number of fused-ring (bicyclic) bond motifs is 1. The van der Waals surface area contributed by atoms with Crippen LogP contribution in [0.15, 0.2) is 34.2 Å². The third kappa shape index (κ3) is 3.15. The van der Waals surface area contributed by atoms with Gasteiger partial charge in [0.1, 0.15) is 24.1 Å². The Bertz CT molecular complexity index is 682. The molecule has 0 amide bonds. The lowest BCUT2D eigenvalue weighted by Gasteiger charge is -2.18. The Morgan fingerprint density at radius 1 is 1.10 bits per heavy atom. The van der Waals surface area contributed by atoms with Crippen molar-refractivity contribution in [2.45, 2.75) is 9.92 Å². The molecule has 1 aromatic heterocycles. The van der Waals surface area contributed by atoms with Crippen LogP contribution in [0.4, 0.5) is 5.82 Å². The van der Waals surface area contributed by atoms with Crippen molar-refractivity contribution < 1.29 is 9.47 Å². The first kappa shape index (κ1) is 14.6. The summed E-state index contributed by atoms with van der Waals surface area (Å²) in [5.41, 5.74) is 0. The van der Waals surface area contributed by atoms with Crippen LogP contribution in [0.25, 0.3) is 0 Å². The van der Waals surface area contributed by atoms with Gasteiger partial charge in [0, 0.05) is 11.9 Å². The SMILES string of the molecule is CNc1nc(Sc2ccc3c(c2)OCCO3)c(Cl)cc1Cl. The predicted molar refractivity (Wildman–Crippen MR) is 85.4 cm³/mol. The lowest BCUT2D eigenvalue weighted by molar-refractivity contribution is 0.171. The molecule has 0 saturated carbocycles. The Balaban J connectivity index is 1.90. The molecule has 0 bridgehead atoms. The fourth-order valence-electron chi connectivity index (χ4n) is 1.90. The zero-order valence-corrected chi connectivity index (χ0v) is 13.5. The summed E-state index contributed by atoms with van der Waals surface area (Å²) in [6.07, 6.45) is 0. The molecule has 1 N–H and O–H groups in total. The number of hydrogen-bond acceptors (Lipinski definition) is 5. The van der Waals surface area contributed by atoms with Crippen molar-refractivity contribution in [3.63, 3.8) is 0 Å². The van der Waals surface area contributed by atoms with E-state index in [-0.39, 0.29) is 0 Å². The van der Waals surface area contributed by atoms with Crippen LogP contribution in [0.5, 0.6) is 11.5 Å². The van der Waals surface area contributed by atoms with Gasteiger partial charge in [-0.3, -0.25) is 0 Å². The van der Waals surface area contributed by atoms with Crippen LogP contribution in [0.2, 0.25) is 10.0 Å². The highest BCUT2D eigenvalue weighted by molar-refractivity contribution is 7.99. The number of benzene rings is 1. The predicted octanol–water partition coefficient (Wildman–Crippen LogP) is 4.35. The Morgan fingerprint density at radius 2 is 1.86 bits per heavy atom. The van der Waals surface area contributed by atoms with E-state index in [0.29, 0.717) is 34.1 Å². The second kappa shape index (κ2) is 6.22. The average Bonchev–Trinajstić information content (AvgIpc) is 2.50. The van der Waals surface area contributed by atoms with Crippen molar-refractivity contribution in [3.8, 4) is 11.5 Å². The molecule has 0 radical (unpaired) electrons. The first-order valence-corrected chi connectivity index (χ1v) is 7.86. The summed E-state index contributed by atoms with van der Waals surface area (Å²) in [6, 6.07) is 7.44. The average molecular weight is 343 g/mol. The van der Waals surface area contributed by atoms with Gasteiger partial charge in [-0.15, -0.1) is 0 Å². The third-order valence-electron chi connectivity index (χ3n) is 2.86. The standard InChI is InChI=1S/C14H12Cl2N2O2S/c1-17-13-9(15)7-10(16)14(18-13)21-8-2-3-11-12(6-8)20-5-4-19-11/h2-3,6-7H,4-5H2,1H3,(H,17,18). The zero-order valence-electron chi connectivity index (χ0n) is 11.2. The molecule has 3 rings (SSSR count). The van der Waals surface area contributed by atoms with E-state index >= 15 is 0 Å². The molecular formula is C14H12Cl2N2O2S. The molecule has 2 aromatic rings. The number of rotatable bonds is 3. The first-order chi connectivity index (χ1) is 10.2. The lowest BCUT2D eigenvalue weighted by atomic mass is 10.3. The largest absolute Gasteiger partial charge is 0.486 e. The van der Waals surface area contributed by atoms with Crippen LogP contribution >= 0.6 is 35.0 Å². The minimum atomic E-state index is 0.494. The van der Waals surface area contributed by atoms with Crippen molar-refractivity contribution in [3.05, 3.63) is 34.3 Å². The molecule has 0 saturated heterocycles. The topological polar surface area (TPSA) is 43.4 Å². The number of hydrogen-bond donors (Lipinski definition) is 1. The number of nitrogens with zero attached hydrogens (tertiary/aromatic N) is 1. The molecule has 2 heterocycles. The van der Waals surface area contributed by atoms with Gasteiger partial charge in [-0.1, -0.05) is 35.0 Å². The maximum Gasteiger partial charge on any atom is 0.162 e. The summed E-state index contributed by atoms with van der Waals surface area (Å²) in [7, 11) is 1.76. The van der Waals surface area contributed by atoms with Crippen LogP contribution in [0.3, 0.4) is 0 Å². The van der Waals surface area contributed by atoms with E-state index in [2.05, 4.69) is 10.3 Å². The van der Waals surface area contributed by atoms with Gasteiger partial charge < -0.3 is 14.8 Å². The minimum absolute atomic E-state index is 0.494. The van der Waals surface area contributed by atoms with Gasteiger partial charge in [0.05, 0.1) is 10.0 Å². The highest BCUT2D eigenvalue weighted by Crippen LogP contribution is 2.39. The van der Waals surface area contributed by atoms with Gasteiger partial charge in [-0.2, -0.15) is 0 Å². The number of halogens is 2. The van der Waals surface area contributed by atoms with Gasteiger partial charge in [0.15, 0.2) is 11.5 Å². The summed E-state index contributed by atoms with van der Waals surface area (Å²) >= 11 is 13.7. The van der Waals surface area contributed by atoms with E-state index in [1.165, 1.54) is 11.8 Å². The van der Waals surface area contributed by atoms with Crippen LogP contribution in [-0.2, 0) is 0 Å². The molecule has 110 valence electrons. The van der Waals surface area contributed by atoms with Crippen LogP contribution in [-0.4, -0.2) is 25.2 Å². The summed E-state index contributed by atoms with van der Waals surface area (Å²) in [5.74, 6) is 2.10. The van der Waals surface area contributed by atoms with E-state index in [1.54, 1.807) is 13.1 Å². The van der Waals surface area contributed by atoms with Crippen molar-refractivity contribution >= 4 is 40.8 Å². The first-order valence-electron chi connectivity index (χ1n) is 6.28. The van der Waals surface area contributed by atoms with E-state index < -0.39 is 0 Å². The quantitative estimate of drug-likeness (QED) is 0.897. The molecule has 7 heteroatoms. The molecule has 1 aromatic carbocycles. The van der Waals surface area contributed by atoms with Crippen molar-refractivity contribution in [2.75, 3.05) is 25.6 Å². The molecule has 0 unspecified atom stereocenters. The molecule has 4 nitrogen and oxygen atoms in total. The molecular weight excluding hydrogens is 331 g/mol. The number of pyridine rings is 1. The van der Waals surface area contributed by atoms with Gasteiger partial charge in [0.25, 0.3) is 0 Å². The second-order valence-corrected chi connectivity index (χ2v) is 6.14. The van der Waals surface area contributed by atoms with Gasteiger partial charge in [-0.25, -0.2) is 4.98 Å². The maximum atomic E-state index is 6.20. The molecule has 0 atom stereocenters. The van der Waals surface area contributed by atoms with E-state index in [0.717, 1.165) is 16.4 Å². The Hall–Kier alpha value is -1.30. The summed E-state index contributed by atoms with van der Waals surface area (Å²) in [4.78, 5) is 5.38. The molecule has 0 spiro atoms. The van der Waals surface area contributed by atoms with Gasteiger partial charge >= 0.3 is 0 Å². The van der Waals surface area contributed by atoms with E-state index in [9.17, 15) is 0 Å². The summed E-state index contributed by atoms with van der Waals surface area (Å²) < 4.78 is 11.1. The number of ether oxygens (including phenoxy) is 2. The Morgan fingerprint density at radius 3 is 2.62 bits per heavy atom. The van der Waals surface area contributed by atoms with Gasteiger partial charge in [-0.05, 0) is 24.3 Å². The lowest BCUT2D eigenvalue weighted by Crippen LogP contribution is -2.15. The van der Waals surface area contributed by atoms with Gasteiger partial charge in [0.2, 0.25) is 0 Å². The smallest absolute Gasteiger partial charge is 0.162 e. The summed E-state index contributed by atoms with van der Waals surface area (Å²) in [5, 5.41) is 4.63. The molecule has 0 fully saturated rings. The number of aromatic nitrogens is 1. The third-order valence-corrected chi connectivity index (χ3v) is 4.54. The minimum Gasteiger partial charge on any atom is -0.486 e. The van der Waals surface area contributed by atoms with Crippen LogP contribution < -0.4 is 14.8 Å². The normalized spacial score (nSPS) is 13.1. The highest BCUT2D eigenvalue weighted by Gasteiger charge is 2.14. The summed E-state index contributed by atoms with van der Waals surface area (Å²) in [6.45, 7) is 1.14. The van der Waals surface area contributed by atoms with Crippen LogP contribution in [0, 0.1) is 0 Å². The Kier molecular flexibility index (Phi) is 4.33. The Labute approximate surface area is 136 Å². The second-order valence-electron chi connectivity index (χ2n) is 4.26. The number of anilines is 1. The monoisotopic (exact) mass is 342 g/mol. The zero-order chi connectivity index (χ0) is 14.8. The van der Waals surface area contributed by atoms with Crippen molar-refractivity contribution in [1.82, 2.24) is 4.98 Å². The molecule has 0 aliphatic carbocycles. The molecule has 21 heavy (non-hydrogen) atoms. The molecule has 1 aliphatic rings.